The summed E-state index contributed by atoms with van der Waals surface area (Å²) in [6.07, 6.45) is 0. The van der Waals surface area contributed by atoms with E-state index >= 15 is 0 Å². The van der Waals surface area contributed by atoms with Crippen molar-refractivity contribution in [3.63, 3.8) is 0 Å². The van der Waals surface area contributed by atoms with Gasteiger partial charge in [-0.25, -0.2) is 0 Å². The molecule has 1 N–H and O–H groups in total. The van der Waals surface area contributed by atoms with Crippen LogP contribution in [0.3, 0.4) is 0 Å². The lowest BCUT2D eigenvalue weighted by molar-refractivity contribution is 1.34. The zero-order valence-corrected chi connectivity index (χ0v) is 13.4. The van der Waals surface area contributed by atoms with Crippen LogP contribution in [0.25, 0.3) is 33.3 Å². The van der Waals surface area contributed by atoms with E-state index in [0.717, 1.165) is 22.2 Å². The maximum atomic E-state index is 12.7. The van der Waals surface area contributed by atoms with E-state index in [4.69, 9.17) is 0 Å². The minimum atomic E-state index is -0.239. The van der Waals surface area contributed by atoms with Crippen LogP contribution in [0.5, 0.6) is 0 Å². The minimum Gasteiger partial charge on any atom is -0.353 e. The minimum absolute atomic E-state index is 0.143. The number of para-hydroxylation sites is 1. The molecule has 3 heteroatoms. The van der Waals surface area contributed by atoms with Gasteiger partial charge in [-0.2, -0.15) is 5.26 Å². The van der Waals surface area contributed by atoms with Gasteiger partial charge in [0.1, 0.15) is 11.6 Å². The predicted octanol–water partition coefficient (Wildman–Crippen LogP) is 4.73. The number of rotatable bonds is 2. The standard InChI is InChI=1S/C22H14N2O/c23-14-19-21(24-20-12-5-4-11-18(20)22(19)25)17-10-6-9-16(13-17)15-7-2-1-3-8-15/h1-13H,(H,24,25). The highest BCUT2D eigenvalue weighted by atomic mass is 16.1. The zero-order valence-electron chi connectivity index (χ0n) is 13.4. The third-order valence-electron chi connectivity index (χ3n) is 4.28. The lowest BCUT2D eigenvalue weighted by Crippen LogP contribution is -2.10. The van der Waals surface area contributed by atoms with Crippen LogP contribution in [-0.4, -0.2) is 4.98 Å². The molecule has 0 fully saturated rings. The highest BCUT2D eigenvalue weighted by molar-refractivity contribution is 5.85. The van der Waals surface area contributed by atoms with Crippen LogP contribution in [0.2, 0.25) is 0 Å². The average molecular weight is 322 g/mol. The molecule has 3 aromatic carbocycles. The molecule has 0 radical (unpaired) electrons. The second kappa shape index (κ2) is 6.10. The highest BCUT2D eigenvalue weighted by Gasteiger charge is 2.13. The molecule has 0 saturated heterocycles. The third-order valence-corrected chi connectivity index (χ3v) is 4.28. The number of nitriles is 1. The molecule has 0 saturated carbocycles. The predicted molar refractivity (Wildman–Crippen MR) is 100 cm³/mol. The Balaban J connectivity index is 1.97. The van der Waals surface area contributed by atoms with Gasteiger partial charge in [0.15, 0.2) is 0 Å². The van der Waals surface area contributed by atoms with Gasteiger partial charge in [0.05, 0.1) is 5.69 Å². The van der Waals surface area contributed by atoms with Crippen molar-refractivity contribution in [2.24, 2.45) is 0 Å². The molecule has 3 nitrogen and oxygen atoms in total. The maximum Gasteiger partial charge on any atom is 0.207 e. The molecule has 0 aliphatic rings. The Morgan fingerprint density at radius 3 is 2.24 bits per heavy atom. The molecule has 0 atom stereocenters. The summed E-state index contributed by atoms with van der Waals surface area (Å²) >= 11 is 0. The van der Waals surface area contributed by atoms with Gasteiger partial charge in [-0.15, -0.1) is 0 Å². The SMILES string of the molecule is N#Cc1c(-c2cccc(-c3ccccc3)c2)[nH]c2ccccc2c1=O. The van der Waals surface area contributed by atoms with Crippen molar-refractivity contribution in [3.8, 4) is 28.5 Å². The second-order valence-corrected chi connectivity index (χ2v) is 5.81. The fraction of sp³-hybridized carbons (Fsp3) is 0. The molecule has 25 heavy (non-hydrogen) atoms. The number of benzene rings is 3. The number of nitrogens with one attached hydrogen (secondary N) is 1. The molecule has 0 aliphatic heterocycles. The molecule has 0 bridgehead atoms. The van der Waals surface area contributed by atoms with Crippen LogP contribution in [0.4, 0.5) is 0 Å². The fourth-order valence-corrected chi connectivity index (χ4v) is 3.04. The summed E-state index contributed by atoms with van der Waals surface area (Å²) in [5.74, 6) is 0. The van der Waals surface area contributed by atoms with Gasteiger partial charge in [0.25, 0.3) is 0 Å². The number of fused-ring (bicyclic) bond motifs is 1. The summed E-state index contributed by atoms with van der Waals surface area (Å²) in [4.78, 5) is 15.9. The maximum absolute atomic E-state index is 12.7. The number of hydrogen-bond donors (Lipinski definition) is 1. The van der Waals surface area contributed by atoms with E-state index in [0.29, 0.717) is 11.1 Å². The van der Waals surface area contributed by atoms with Crippen molar-refractivity contribution in [3.05, 3.63) is 94.6 Å². The fourth-order valence-electron chi connectivity index (χ4n) is 3.04. The van der Waals surface area contributed by atoms with E-state index in [-0.39, 0.29) is 11.0 Å². The quantitative estimate of drug-likeness (QED) is 0.580. The summed E-state index contributed by atoms with van der Waals surface area (Å²) in [6.45, 7) is 0. The number of pyridine rings is 1. The molecule has 0 amide bonds. The van der Waals surface area contributed by atoms with Crippen molar-refractivity contribution in [1.29, 1.82) is 5.26 Å². The Morgan fingerprint density at radius 2 is 1.44 bits per heavy atom. The van der Waals surface area contributed by atoms with E-state index in [9.17, 15) is 10.1 Å². The van der Waals surface area contributed by atoms with Crippen LogP contribution in [0, 0.1) is 11.3 Å². The summed E-state index contributed by atoms with van der Waals surface area (Å²) in [6, 6.07) is 27.2. The first-order valence-corrected chi connectivity index (χ1v) is 7.99. The van der Waals surface area contributed by atoms with Crippen molar-refractivity contribution in [2.75, 3.05) is 0 Å². The lowest BCUT2D eigenvalue weighted by Gasteiger charge is -2.09. The second-order valence-electron chi connectivity index (χ2n) is 5.81. The molecule has 1 aromatic heterocycles. The van der Waals surface area contributed by atoms with Gasteiger partial charge in [-0.1, -0.05) is 60.7 Å². The molecule has 0 spiro atoms. The van der Waals surface area contributed by atoms with E-state index in [1.165, 1.54) is 0 Å². The van der Waals surface area contributed by atoms with E-state index in [1.807, 2.05) is 66.7 Å². The first-order chi connectivity index (χ1) is 12.3. The van der Waals surface area contributed by atoms with Gasteiger partial charge in [0.2, 0.25) is 5.43 Å². The summed E-state index contributed by atoms with van der Waals surface area (Å²) in [5, 5.41) is 10.1. The summed E-state index contributed by atoms with van der Waals surface area (Å²) in [7, 11) is 0. The van der Waals surface area contributed by atoms with Crippen molar-refractivity contribution in [2.45, 2.75) is 0 Å². The monoisotopic (exact) mass is 322 g/mol. The Bertz CT molecular complexity index is 1170. The summed E-state index contributed by atoms with van der Waals surface area (Å²) < 4.78 is 0. The molecule has 4 aromatic rings. The van der Waals surface area contributed by atoms with Crippen molar-refractivity contribution >= 4 is 10.9 Å². The van der Waals surface area contributed by atoms with Gasteiger partial charge >= 0.3 is 0 Å². The lowest BCUT2D eigenvalue weighted by atomic mass is 9.98. The number of aromatic amines is 1. The summed E-state index contributed by atoms with van der Waals surface area (Å²) in [5.41, 5.74) is 4.14. The first-order valence-electron chi connectivity index (χ1n) is 7.99. The van der Waals surface area contributed by atoms with Gasteiger partial charge < -0.3 is 4.98 Å². The van der Waals surface area contributed by atoms with Crippen molar-refractivity contribution in [1.82, 2.24) is 4.98 Å². The van der Waals surface area contributed by atoms with Gasteiger partial charge in [0, 0.05) is 16.5 Å². The first kappa shape index (κ1) is 14.9. The molecule has 4 rings (SSSR count). The highest BCUT2D eigenvalue weighted by Crippen LogP contribution is 2.27. The van der Waals surface area contributed by atoms with E-state index in [1.54, 1.807) is 12.1 Å². The third kappa shape index (κ3) is 2.60. The molecule has 0 aliphatic carbocycles. The van der Waals surface area contributed by atoms with E-state index in [2.05, 4.69) is 11.1 Å². The number of H-pyrrole nitrogens is 1. The van der Waals surface area contributed by atoms with Crippen molar-refractivity contribution < 1.29 is 0 Å². The van der Waals surface area contributed by atoms with Gasteiger partial charge in [-0.3, -0.25) is 4.79 Å². The zero-order chi connectivity index (χ0) is 17.2. The molecular weight excluding hydrogens is 308 g/mol. The molecule has 0 unspecified atom stereocenters. The van der Waals surface area contributed by atoms with Crippen LogP contribution in [0.15, 0.2) is 83.7 Å². The van der Waals surface area contributed by atoms with Crippen LogP contribution >= 0.6 is 0 Å². The number of hydrogen-bond acceptors (Lipinski definition) is 2. The Morgan fingerprint density at radius 1 is 0.760 bits per heavy atom. The average Bonchev–Trinajstić information content (AvgIpc) is 2.69. The molecular formula is C22H14N2O. The van der Waals surface area contributed by atoms with E-state index < -0.39 is 0 Å². The van der Waals surface area contributed by atoms with Gasteiger partial charge in [-0.05, 0) is 29.3 Å². The van der Waals surface area contributed by atoms with Crippen LogP contribution in [0.1, 0.15) is 5.56 Å². The number of aromatic nitrogens is 1. The Labute approximate surface area is 144 Å². The molecule has 1 heterocycles. The number of nitrogens with zero attached hydrogens (tertiary/aromatic N) is 1. The van der Waals surface area contributed by atoms with Crippen LogP contribution in [-0.2, 0) is 0 Å². The Kier molecular flexibility index (Phi) is 3.64. The van der Waals surface area contributed by atoms with Crippen LogP contribution < -0.4 is 5.43 Å². The topological polar surface area (TPSA) is 56.6 Å². The molecule has 118 valence electrons. The largest absolute Gasteiger partial charge is 0.353 e. The Hall–Kier alpha value is -3.64. The smallest absolute Gasteiger partial charge is 0.207 e. The normalized spacial score (nSPS) is 10.5.